The zero-order chi connectivity index (χ0) is 14.7. The zero-order valence-electron chi connectivity index (χ0n) is 11.5. The fraction of sp³-hybridized carbons (Fsp3) is 0.200. The highest BCUT2D eigenvalue weighted by molar-refractivity contribution is 9.10. The van der Waals surface area contributed by atoms with Crippen LogP contribution in [-0.2, 0) is 4.74 Å². The van der Waals surface area contributed by atoms with Crippen LogP contribution in [0.2, 0.25) is 0 Å². The number of nitrogens with one attached hydrogen (secondary N) is 1. The lowest BCUT2D eigenvalue weighted by atomic mass is 10.1. The molecule has 0 amide bonds. The van der Waals surface area contributed by atoms with E-state index in [9.17, 15) is 4.79 Å². The number of hydrogen-bond donors (Lipinski definition) is 1. The van der Waals surface area contributed by atoms with E-state index in [4.69, 9.17) is 4.74 Å². The monoisotopic (exact) mass is 334 g/mol. The molecule has 0 aliphatic carbocycles. The second kappa shape index (κ2) is 6.05. The molecule has 2 aromatic rings. The molecule has 1 aromatic heterocycles. The van der Waals surface area contributed by atoms with Crippen molar-refractivity contribution in [2.45, 2.75) is 13.8 Å². The number of hydrogen-bond acceptors (Lipinski definition) is 4. The maximum Gasteiger partial charge on any atom is 0.338 e. The lowest BCUT2D eigenvalue weighted by Crippen LogP contribution is -2.03. The molecule has 1 aromatic carbocycles. The Balaban J connectivity index is 2.28. The van der Waals surface area contributed by atoms with Crippen molar-refractivity contribution in [1.82, 2.24) is 4.98 Å². The molecule has 0 fully saturated rings. The molecule has 5 heteroatoms. The highest BCUT2D eigenvalue weighted by Crippen LogP contribution is 2.26. The highest BCUT2D eigenvalue weighted by Gasteiger charge is 2.07. The van der Waals surface area contributed by atoms with Gasteiger partial charge in [0.2, 0.25) is 0 Å². The maximum atomic E-state index is 11.5. The van der Waals surface area contributed by atoms with Crippen molar-refractivity contribution in [2.24, 2.45) is 0 Å². The van der Waals surface area contributed by atoms with Gasteiger partial charge in [0, 0.05) is 16.4 Å². The maximum absolute atomic E-state index is 11.5. The Morgan fingerprint density at radius 3 is 2.50 bits per heavy atom. The van der Waals surface area contributed by atoms with Gasteiger partial charge in [-0.1, -0.05) is 15.9 Å². The third-order valence-corrected chi connectivity index (χ3v) is 4.14. The molecule has 20 heavy (non-hydrogen) atoms. The predicted molar refractivity (Wildman–Crippen MR) is 82.5 cm³/mol. The molecule has 4 nitrogen and oxygen atoms in total. The number of esters is 1. The Labute approximate surface area is 126 Å². The van der Waals surface area contributed by atoms with E-state index in [2.05, 4.69) is 26.2 Å². The molecule has 1 heterocycles. The molecule has 0 saturated heterocycles. The molecular weight excluding hydrogens is 320 g/mol. The fourth-order valence-corrected chi connectivity index (χ4v) is 2.14. The van der Waals surface area contributed by atoms with Crippen LogP contribution in [0.25, 0.3) is 0 Å². The van der Waals surface area contributed by atoms with Gasteiger partial charge in [-0.3, -0.25) is 0 Å². The van der Waals surface area contributed by atoms with Crippen LogP contribution in [0.1, 0.15) is 21.5 Å². The molecule has 104 valence electrons. The number of benzene rings is 1. The SMILES string of the molecule is COC(=O)c1ccnc(Nc2cc(C)c(Br)c(C)c2)c1. The van der Waals surface area contributed by atoms with Crippen molar-refractivity contribution in [3.05, 3.63) is 51.6 Å². The van der Waals surface area contributed by atoms with Gasteiger partial charge in [0.1, 0.15) is 5.82 Å². The van der Waals surface area contributed by atoms with E-state index < -0.39 is 0 Å². The summed E-state index contributed by atoms with van der Waals surface area (Å²) in [6.07, 6.45) is 1.58. The molecular formula is C15H15BrN2O2. The number of carbonyl (C=O) groups excluding carboxylic acids is 1. The minimum absolute atomic E-state index is 0.376. The fourth-order valence-electron chi connectivity index (χ4n) is 1.91. The average molecular weight is 335 g/mol. The molecule has 0 radical (unpaired) electrons. The van der Waals surface area contributed by atoms with Crippen LogP contribution in [-0.4, -0.2) is 18.1 Å². The Kier molecular flexibility index (Phi) is 4.39. The van der Waals surface area contributed by atoms with Crippen LogP contribution in [0.15, 0.2) is 34.9 Å². The molecule has 0 atom stereocenters. The standard InChI is InChI=1S/C15H15BrN2O2/c1-9-6-12(7-10(2)14(9)16)18-13-8-11(4-5-17-13)15(19)20-3/h4-8H,1-3H3,(H,17,18). The van der Waals surface area contributed by atoms with Crippen molar-refractivity contribution in [2.75, 3.05) is 12.4 Å². The van der Waals surface area contributed by atoms with Gasteiger partial charge in [0.05, 0.1) is 12.7 Å². The predicted octanol–water partition coefficient (Wildman–Crippen LogP) is 3.99. The number of nitrogens with zero attached hydrogens (tertiary/aromatic N) is 1. The lowest BCUT2D eigenvalue weighted by molar-refractivity contribution is 0.0600. The van der Waals surface area contributed by atoms with Gasteiger partial charge in [-0.05, 0) is 49.2 Å². The Bertz CT molecular complexity index is 633. The summed E-state index contributed by atoms with van der Waals surface area (Å²) in [5.41, 5.74) is 3.67. The summed E-state index contributed by atoms with van der Waals surface area (Å²) < 4.78 is 5.79. The van der Waals surface area contributed by atoms with E-state index >= 15 is 0 Å². The Hall–Kier alpha value is -1.88. The lowest BCUT2D eigenvalue weighted by Gasteiger charge is -2.10. The first-order chi connectivity index (χ1) is 9.51. The number of aryl methyl sites for hydroxylation is 2. The molecule has 2 rings (SSSR count). The summed E-state index contributed by atoms with van der Waals surface area (Å²) in [5.74, 6) is 0.229. The second-order valence-electron chi connectivity index (χ2n) is 4.47. The van der Waals surface area contributed by atoms with E-state index in [0.717, 1.165) is 21.3 Å². The molecule has 0 unspecified atom stereocenters. The van der Waals surface area contributed by atoms with E-state index in [1.54, 1.807) is 18.3 Å². The van der Waals surface area contributed by atoms with E-state index in [0.29, 0.717) is 11.4 Å². The number of pyridine rings is 1. The topological polar surface area (TPSA) is 51.2 Å². The van der Waals surface area contributed by atoms with Crippen molar-refractivity contribution >= 4 is 33.4 Å². The highest BCUT2D eigenvalue weighted by atomic mass is 79.9. The molecule has 0 aliphatic heterocycles. The van der Waals surface area contributed by atoms with Crippen LogP contribution < -0.4 is 5.32 Å². The summed E-state index contributed by atoms with van der Waals surface area (Å²) in [5, 5.41) is 3.19. The number of aromatic nitrogens is 1. The van der Waals surface area contributed by atoms with E-state index in [-0.39, 0.29) is 5.97 Å². The average Bonchev–Trinajstić information content (AvgIpc) is 2.44. The van der Waals surface area contributed by atoms with Gasteiger partial charge < -0.3 is 10.1 Å². The number of methoxy groups -OCH3 is 1. The summed E-state index contributed by atoms with van der Waals surface area (Å²) in [7, 11) is 1.36. The normalized spacial score (nSPS) is 10.2. The minimum atomic E-state index is -0.376. The summed E-state index contributed by atoms with van der Waals surface area (Å²) in [6, 6.07) is 7.32. The number of anilines is 2. The van der Waals surface area contributed by atoms with E-state index in [1.807, 2.05) is 26.0 Å². The first kappa shape index (κ1) is 14.5. The first-order valence-corrected chi connectivity index (χ1v) is 6.88. The quantitative estimate of drug-likeness (QED) is 0.862. The summed E-state index contributed by atoms with van der Waals surface area (Å²) >= 11 is 3.53. The van der Waals surface area contributed by atoms with Crippen LogP contribution in [0.5, 0.6) is 0 Å². The third kappa shape index (κ3) is 3.17. The second-order valence-corrected chi connectivity index (χ2v) is 5.26. The summed E-state index contributed by atoms with van der Waals surface area (Å²) in [6.45, 7) is 4.06. The van der Waals surface area contributed by atoms with Crippen LogP contribution in [0.3, 0.4) is 0 Å². The molecule has 0 aliphatic rings. The number of ether oxygens (including phenoxy) is 1. The van der Waals surface area contributed by atoms with Gasteiger partial charge in [-0.2, -0.15) is 0 Å². The zero-order valence-corrected chi connectivity index (χ0v) is 13.1. The van der Waals surface area contributed by atoms with Crippen LogP contribution in [0, 0.1) is 13.8 Å². The molecule has 0 spiro atoms. The smallest absolute Gasteiger partial charge is 0.338 e. The van der Waals surface area contributed by atoms with Gasteiger partial charge in [0.15, 0.2) is 0 Å². The molecule has 0 bridgehead atoms. The number of rotatable bonds is 3. The van der Waals surface area contributed by atoms with Crippen molar-refractivity contribution in [1.29, 1.82) is 0 Å². The van der Waals surface area contributed by atoms with Crippen LogP contribution >= 0.6 is 15.9 Å². The molecule has 1 N–H and O–H groups in total. The first-order valence-electron chi connectivity index (χ1n) is 6.09. The summed E-state index contributed by atoms with van der Waals surface area (Å²) in [4.78, 5) is 15.7. The Morgan fingerprint density at radius 2 is 1.90 bits per heavy atom. The molecule has 0 saturated carbocycles. The van der Waals surface area contributed by atoms with Gasteiger partial charge in [-0.25, -0.2) is 9.78 Å². The largest absolute Gasteiger partial charge is 0.465 e. The third-order valence-electron chi connectivity index (χ3n) is 2.89. The van der Waals surface area contributed by atoms with Gasteiger partial charge in [0.25, 0.3) is 0 Å². The van der Waals surface area contributed by atoms with Crippen molar-refractivity contribution < 1.29 is 9.53 Å². The van der Waals surface area contributed by atoms with Crippen molar-refractivity contribution in [3.63, 3.8) is 0 Å². The van der Waals surface area contributed by atoms with Crippen LogP contribution in [0.4, 0.5) is 11.5 Å². The van der Waals surface area contributed by atoms with Crippen molar-refractivity contribution in [3.8, 4) is 0 Å². The van der Waals surface area contributed by atoms with E-state index in [1.165, 1.54) is 7.11 Å². The Morgan fingerprint density at radius 1 is 1.25 bits per heavy atom. The minimum Gasteiger partial charge on any atom is -0.465 e. The van der Waals surface area contributed by atoms with Gasteiger partial charge >= 0.3 is 5.97 Å². The number of carbonyl (C=O) groups is 1. The number of halogens is 1. The van der Waals surface area contributed by atoms with Gasteiger partial charge in [-0.15, -0.1) is 0 Å².